The van der Waals surface area contributed by atoms with Crippen LogP contribution in [0, 0.1) is 6.92 Å². The predicted octanol–water partition coefficient (Wildman–Crippen LogP) is 7.09. The summed E-state index contributed by atoms with van der Waals surface area (Å²) in [6.07, 6.45) is 7.98. The standard InChI is InChI=1S/C26H26/c1-18-22-16-8-14-20-15-9-17-23(25(20)22)26(21-12-6-3-7-13-21)24(18)19-10-4-2-5-11-19/h2-7,10-13,20H,8-9,14-17H2,1H3. The van der Waals surface area contributed by atoms with E-state index >= 15 is 0 Å². The first kappa shape index (κ1) is 15.9. The number of hydrogen-bond donors (Lipinski definition) is 0. The normalized spacial score (nSPS) is 18.4. The topological polar surface area (TPSA) is 0 Å². The average molecular weight is 338 g/mol. The maximum Gasteiger partial charge on any atom is -0.00676 e. The van der Waals surface area contributed by atoms with E-state index in [2.05, 4.69) is 67.6 Å². The third kappa shape index (κ3) is 2.43. The van der Waals surface area contributed by atoms with E-state index in [0.717, 1.165) is 5.92 Å². The van der Waals surface area contributed by atoms with Crippen LogP contribution in [0.25, 0.3) is 22.3 Å². The minimum atomic E-state index is 0.800. The molecule has 3 aromatic carbocycles. The van der Waals surface area contributed by atoms with Crippen LogP contribution in [-0.4, -0.2) is 0 Å². The maximum atomic E-state index is 2.38. The van der Waals surface area contributed by atoms with Gasteiger partial charge in [0.25, 0.3) is 0 Å². The Kier molecular flexibility index (Phi) is 3.93. The molecular formula is C26H26. The molecule has 0 aromatic heterocycles. The molecule has 0 saturated heterocycles. The number of hydrogen-bond acceptors (Lipinski definition) is 0. The van der Waals surface area contributed by atoms with E-state index in [1.807, 2.05) is 0 Å². The van der Waals surface area contributed by atoms with Gasteiger partial charge in [0.2, 0.25) is 0 Å². The van der Waals surface area contributed by atoms with Gasteiger partial charge in [-0.2, -0.15) is 0 Å². The van der Waals surface area contributed by atoms with Crippen LogP contribution in [0.5, 0.6) is 0 Å². The summed E-state index contributed by atoms with van der Waals surface area (Å²) in [5, 5.41) is 0. The van der Waals surface area contributed by atoms with Gasteiger partial charge < -0.3 is 0 Å². The summed E-state index contributed by atoms with van der Waals surface area (Å²) in [7, 11) is 0. The first-order chi connectivity index (χ1) is 12.8. The summed E-state index contributed by atoms with van der Waals surface area (Å²) < 4.78 is 0. The highest BCUT2D eigenvalue weighted by Crippen LogP contribution is 2.50. The molecule has 0 bridgehead atoms. The van der Waals surface area contributed by atoms with Crippen molar-refractivity contribution < 1.29 is 0 Å². The van der Waals surface area contributed by atoms with Gasteiger partial charge in [0, 0.05) is 0 Å². The van der Waals surface area contributed by atoms with Gasteiger partial charge >= 0.3 is 0 Å². The van der Waals surface area contributed by atoms with Crippen molar-refractivity contribution in [1.82, 2.24) is 0 Å². The third-order valence-electron chi connectivity index (χ3n) is 6.52. The summed E-state index contributed by atoms with van der Waals surface area (Å²) >= 11 is 0. The van der Waals surface area contributed by atoms with Crippen LogP contribution in [0.2, 0.25) is 0 Å². The van der Waals surface area contributed by atoms with E-state index in [4.69, 9.17) is 0 Å². The molecule has 1 unspecified atom stereocenters. The molecule has 2 aliphatic carbocycles. The Morgan fingerprint density at radius 1 is 0.654 bits per heavy atom. The summed E-state index contributed by atoms with van der Waals surface area (Å²) in [4.78, 5) is 0. The first-order valence-electron chi connectivity index (χ1n) is 10.1. The van der Waals surface area contributed by atoms with E-state index in [1.165, 1.54) is 66.3 Å². The molecule has 0 radical (unpaired) electrons. The Hall–Kier alpha value is -2.34. The first-order valence-corrected chi connectivity index (χ1v) is 10.1. The van der Waals surface area contributed by atoms with Crippen molar-refractivity contribution in [2.24, 2.45) is 0 Å². The van der Waals surface area contributed by atoms with Gasteiger partial charge in [-0.15, -0.1) is 0 Å². The smallest absolute Gasteiger partial charge is 0.00676 e. The van der Waals surface area contributed by atoms with Crippen LogP contribution in [0.15, 0.2) is 60.7 Å². The van der Waals surface area contributed by atoms with Crippen LogP contribution in [0.1, 0.15) is 53.9 Å². The molecule has 0 saturated carbocycles. The Bertz CT molecular complexity index is 933. The molecule has 0 nitrogen and oxygen atoms in total. The largest absolute Gasteiger partial charge is 0.0622 e. The number of rotatable bonds is 2. The van der Waals surface area contributed by atoms with Gasteiger partial charge in [-0.1, -0.05) is 60.7 Å². The summed E-state index contributed by atoms with van der Waals surface area (Å²) in [6.45, 7) is 2.38. The monoisotopic (exact) mass is 338 g/mol. The molecule has 5 rings (SSSR count). The molecule has 0 heterocycles. The van der Waals surface area contributed by atoms with Crippen LogP contribution in [0.3, 0.4) is 0 Å². The zero-order chi connectivity index (χ0) is 17.5. The van der Waals surface area contributed by atoms with Gasteiger partial charge in [0.15, 0.2) is 0 Å². The van der Waals surface area contributed by atoms with Crippen molar-refractivity contribution in [3.05, 3.63) is 82.9 Å². The highest BCUT2D eigenvalue weighted by atomic mass is 14.4. The quantitative estimate of drug-likeness (QED) is 0.468. The molecule has 0 fully saturated rings. The highest BCUT2D eigenvalue weighted by molar-refractivity contribution is 5.90. The Morgan fingerprint density at radius 3 is 1.81 bits per heavy atom. The molecule has 1 atom stereocenters. The van der Waals surface area contributed by atoms with E-state index < -0.39 is 0 Å². The average Bonchev–Trinajstić information content (AvgIpc) is 2.71. The molecule has 0 aliphatic heterocycles. The van der Waals surface area contributed by atoms with Crippen molar-refractivity contribution in [3.63, 3.8) is 0 Å². The molecular weight excluding hydrogens is 312 g/mol. The van der Waals surface area contributed by atoms with Gasteiger partial charge in [-0.25, -0.2) is 0 Å². The minimum absolute atomic E-state index is 0.800. The van der Waals surface area contributed by atoms with Crippen LogP contribution in [0.4, 0.5) is 0 Å². The van der Waals surface area contributed by atoms with Crippen LogP contribution < -0.4 is 0 Å². The second kappa shape index (κ2) is 6.43. The van der Waals surface area contributed by atoms with Crippen molar-refractivity contribution in [3.8, 4) is 22.3 Å². The summed E-state index contributed by atoms with van der Waals surface area (Å²) in [5.74, 6) is 0.800. The van der Waals surface area contributed by atoms with Crippen LogP contribution in [-0.2, 0) is 12.8 Å². The molecule has 0 N–H and O–H groups in total. The number of benzene rings is 3. The maximum absolute atomic E-state index is 2.38. The fourth-order valence-electron chi connectivity index (χ4n) is 5.46. The predicted molar refractivity (Wildman–Crippen MR) is 111 cm³/mol. The lowest BCUT2D eigenvalue weighted by Crippen LogP contribution is -2.20. The van der Waals surface area contributed by atoms with Gasteiger partial charge in [0.05, 0.1) is 0 Å². The third-order valence-corrected chi connectivity index (χ3v) is 6.52. The fourth-order valence-corrected chi connectivity index (χ4v) is 5.46. The summed E-state index contributed by atoms with van der Waals surface area (Å²) in [5.41, 5.74) is 12.3. The van der Waals surface area contributed by atoms with Crippen LogP contribution >= 0.6 is 0 Å². The molecule has 2 aliphatic rings. The van der Waals surface area contributed by atoms with Gasteiger partial charge in [-0.05, 0) is 95.9 Å². The Morgan fingerprint density at radius 2 is 1.19 bits per heavy atom. The Labute approximate surface area is 156 Å². The second-order valence-corrected chi connectivity index (χ2v) is 7.96. The molecule has 26 heavy (non-hydrogen) atoms. The lowest BCUT2D eigenvalue weighted by atomic mass is 9.68. The van der Waals surface area contributed by atoms with E-state index in [-0.39, 0.29) is 0 Å². The zero-order valence-corrected chi connectivity index (χ0v) is 15.6. The van der Waals surface area contributed by atoms with Crippen molar-refractivity contribution in [2.75, 3.05) is 0 Å². The SMILES string of the molecule is Cc1c2c3c(c(-c4ccccc4)c1-c1ccccc1)CCCC3CCC2. The fraction of sp³-hybridized carbons (Fsp3) is 0.308. The van der Waals surface area contributed by atoms with E-state index in [1.54, 1.807) is 16.7 Å². The molecule has 130 valence electrons. The second-order valence-electron chi connectivity index (χ2n) is 7.96. The minimum Gasteiger partial charge on any atom is -0.0622 e. The summed E-state index contributed by atoms with van der Waals surface area (Å²) in [6, 6.07) is 22.2. The zero-order valence-electron chi connectivity index (χ0n) is 15.6. The van der Waals surface area contributed by atoms with Gasteiger partial charge in [0.1, 0.15) is 0 Å². The van der Waals surface area contributed by atoms with E-state index in [9.17, 15) is 0 Å². The lowest BCUT2D eigenvalue weighted by molar-refractivity contribution is 0.476. The molecule has 0 spiro atoms. The molecule has 3 aromatic rings. The van der Waals surface area contributed by atoms with Crippen molar-refractivity contribution >= 4 is 0 Å². The van der Waals surface area contributed by atoms with E-state index in [0.29, 0.717) is 0 Å². The lowest BCUT2D eigenvalue weighted by Gasteiger charge is -2.36. The highest BCUT2D eigenvalue weighted by Gasteiger charge is 2.32. The van der Waals surface area contributed by atoms with Crippen molar-refractivity contribution in [1.29, 1.82) is 0 Å². The van der Waals surface area contributed by atoms with Crippen molar-refractivity contribution in [2.45, 2.75) is 51.4 Å². The van der Waals surface area contributed by atoms with Gasteiger partial charge in [-0.3, -0.25) is 0 Å². The Balaban J connectivity index is 1.90. The molecule has 0 heteroatoms. The molecule has 0 amide bonds.